The Bertz CT molecular complexity index is 340. The minimum Gasteiger partial charge on any atom is -0.316 e. The molecule has 4 heteroatoms. The Morgan fingerprint density at radius 1 is 1.21 bits per heavy atom. The van der Waals surface area contributed by atoms with Crippen LogP contribution in [0.3, 0.4) is 0 Å². The smallest absolute Gasteiger partial charge is 0.147 e. The number of hydrogen-bond acceptors (Lipinski definition) is 3. The Balaban J connectivity index is 2.39. The molecule has 1 rings (SSSR count). The fourth-order valence-corrected chi connectivity index (χ4v) is 3.95. The van der Waals surface area contributed by atoms with E-state index in [1.165, 1.54) is 31.9 Å². The number of nitrogens with one attached hydrogen (secondary N) is 1. The third-order valence-corrected chi connectivity index (χ3v) is 5.36. The van der Waals surface area contributed by atoms with E-state index in [2.05, 4.69) is 19.2 Å². The van der Waals surface area contributed by atoms with Gasteiger partial charge in [0.1, 0.15) is 9.84 Å². The van der Waals surface area contributed by atoms with Crippen LogP contribution >= 0.6 is 0 Å². The summed E-state index contributed by atoms with van der Waals surface area (Å²) in [6, 6.07) is 0. The van der Waals surface area contributed by atoms with Crippen molar-refractivity contribution in [3.63, 3.8) is 0 Å². The molecule has 3 atom stereocenters. The zero-order valence-electron chi connectivity index (χ0n) is 12.8. The fraction of sp³-hybridized carbons (Fsp3) is 1.00. The molecule has 0 heterocycles. The quantitative estimate of drug-likeness (QED) is 0.699. The molecule has 3 nitrogen and oxygen atoms in total. The SMILES string of the molecule is CCCNCC1CCC(C)CC1CCCS(C)(=O)=O. The number of hydrogen-bond donors (Lipinski definition) is 1. The van der Waals surface area contributed by atoms with Gasteiger partial charge >= 0.3 is 0 Å². The van der Waals surface area contributed by atoms with Gasteiger partial charge in [0.25, 0.3) is 0 Å². The molecule has 1 saturated carbocycles. The summed E-state index contributed by atoms with van der Waals surface area (Å²) in [5.74, 6) is 2.63. The first-order chi connectivity index (χ1) is 8.92. The lowest BCUT2D eigenvalue weighted by Crippen LogP contribution is -2.33. The maximum Gasteiger partial charge on any atom is 0.147 e. The van der Waals surface area contributed by atoms with E-state index in [-0.39, 0.29) is 0 Å². The Hall–Kier alpha value is -0.0900. The van der Waals surface area contributed by atoms with E-state index in [4.69, 9.17) is 0 Å². The summed E-state index contributed by atoms with van der Waals surface area (Å²) in [5.41, 5.74) is 0. The van der Waals surface area contributed by atoms with E-state index in [0.29, 0.717) is 5.75 Å². The first kappa shape index (κ1) is 17.0. The predicted molar refractivity (Wildman–Crippen MR) is 82.1 cm³/mol. The molecule has 1 aliphatic carbocycles. The second kappa shape index (κ2) is 8.25. The van der Waals surface area contributed by atoms with E-state index in [0.717, 1.165) is 43.7 Å². The number of rotatable bonds is 8. The summed E-state index contributed by atoms with van der Waals surface area (Å²) in [7, 11) is -2.79. The van der Waals surface area contributed by atoms with Gasteiger partial charge in [0.05, 0.1) is 0 Å². The molecule has 0 aromatic carbocycles. The van der Waals surface area contributed by atoms with Crippen LogP contribution in [0, 0.1) is 17.8 Å². The fourth-order valence-electron chi connectivity index (χ4n) is 3.26. The molecule has 0 aromatic heterocycles. The van der Waals surface area contributed by atoms with Crippen molar-refractivity contribution in [3.8, 4) is 0 Å². The predicted octanol–water partition coefficient (Wildman–Crippen LogP) is 2.86. The molecule has 0 amide bonds. The Labute approximate surface area is 119 Å². The van der Waals surface area contributed by atoms with Gasteiger partial charge in [-0.3, -0.25) is 0 Å². The summed E-state index contributed by atoms with van der Waals surface area (Å²) in [5, 5.41) is 3.54. The highest BCUT2D eigenvalue weighted by atomic mass is 32.2. The van der Waals surface area contributed by atoms with Gasteiger partial charge in [-0.25, -0.2) is 8.42 Å². The van der Waals surface area contributed by atoms with Crippen molar-refractivity contribution in [2.45, 2.75) is 52.4 Å². The van der Waals surface area contributed by atoms with Crippen LogP contribution in [0.5, 0.6) is 0 Å². The molecule has 0 saturated heterocycles. The molecule has 114 valence electrons. The van der Waals surface area contributed by atoms with Crippen LogP contribution in [-0.4, -0.2) is 33.5 Å². The lowest BCUT2D eigenvalue weighted by molar-refractivity contribution is 0.174. The summed E-state index contributed by atoms with van der Waals surface area (Å²) in [4.78, 5) is 0. The van der Waals surface area contributed by atoms with Gasteiger partial charge in [0.15, 0.2) is 0 Å². The van der Waals surface area contributed by atoms with Crippen LogP contribution < -0.4 is 5.32 Å². The maximum atomic E-state index is 11.2. The third kappa shape index (κ3) is 7.31. The van der Waals surface area contributed by atoms with Gasteiger partial charge < -0.3 is 5.32 Å². The summed E-state index contributed by atoms with van der Waals surface area (Å²) in [6.45, 7) is 6.74. The molecule has 0 aromatic rings. The monoisotopic (exact) mass is 289 g/mol. The highest BCUT2D eigenvalue weighted by Crippen LogP contribution is 2.36. The van der Waals surface area contributed by atoms with Crippen molar-refractivity contribution in [1.29, 1.82) is 0 Å². The Morgan fingerprint density at radius 2 is 1.95 bits per heavy atom. The van der Waals surface area contributed by atoms with Crippen LogP contribution in [0.1, 0.15) is 52.4 Å². The van der Waals surface area contributed by atoms with Gasteiger partial charge in [0.2, 0.25) is 0 Å². The molecule has 1 N–H and O–H groups in total. The zero-order chi connectivity index (χ0) is 14.3. The van der Waals surface area contributed by atoms with Crippen molar-refractivity contribution in [3.05, 3.63) is 0 Å². The summed E-state index contributed by atoms with van der Waals surface area (Å²) in [6.07, 6.45) is 8.36. The van der Waals surface area contributed by atoms with Crippen LogP contribution in [0.2, 0.25) is 0 Å². The molecular weight excluding hydrogens is 258 g/mol. The van der Waals surface area contributed by atoms with Crippen molar-refractivity contribution in [1.82, 2.24) is 5.32 Å². The van der Waals surface area contributed by atoms with E-state index in [9.17, 15) is 8.42 Å². The standard InChI is InChI=1S/C15H31NO2S/c1-4-9-16-12-15-8-7-13(2)11-14(15)6-5-10-19(3,17)18/h13-16H,4-12H2,1-3H3. The molecule has 1 fully saturated rings. The average Bonchev–Trinajstić information content (AvgIpc) is 2.30. The number of sulfone groups is 1. The zero-order valence-corrected chi connectivity index (χ0v) is 13.6. The van der Waals surface area contributed by atoms with Gasteiger partial charge in [-0.05, 0) is 62.9 Å². The van der Waals surface area contributed by atoms with Crippen LogP contribution in [0.25, 0.3) is 0 Å². The lowest BCUT2D eigenvalue weighted by atomic mass is 9.73. The first-order valence-electron chi connectivity index (χ1n) is 7.80. The summed E-state index contributed by atoms with van der Waals surface area (Å²) >= 11 is 0. The van der Waals surface area contributed by atoms with Gasteiger partial charge in [-0.15, -0.1) is 0 Å². The van der Waals surface area contributed by atoms with E-state index in [1.807, 2.05) is 0 Å². The van der Waals surface area contributed by atoms with Gasteiger partial charge in [-0.1, -0.05) is 20.3 Å². The minimum atomic E-state index is -2.79. The second-order valence-electron chi connectivity index (χ2n) is 6.41. The molecule has 3 unspecified atom stereocenters. The van der Waals surface area contributed by atoms with Crippen molar-refractivity contribution in [2.75, 3.05) is 25.1 Å². The van der Waals surface area contributed by atoms with E-state index >= 15 is 0 Å². The normalized spacial score (nSPS) is 28.5. The van der Waals surface area contributed by atoms with Gasteiger partial charge in [0, 0.05) is 12.0 Å². The molecule has 0 bridgehead atoms. The molecule has 0 spiro atoms. The molecular formula is C15H31NO2S. The Kier molecular flexibility index (Phi) is 7.37. The lowest BCUT2D eigenvalue weighted by Gasteiger charge is -2.35. The van der Waals surface area contributed by atoms with Crippen molar-refractivity contribution in [2.24, 2.45) is 17.8 Å². The first-order valence-corrected chi connectivity index (χ1v) is 9.87. The van der Waals surface area contributed by atoms with Crippen molar-refractivity contribution >= 4 is 9.84 Å². The molecule has 1 aliphatic rings. The largest absolute Gasteiger partial charge is 0.316 e. The van der Waals surface area contributed by atoms with E-state index in [1.54, 1.807) is 0 Å². The van der Waals surface area contributed by atoms with Crippen LogP contribution in [0.4, 0.5) is 0 Å². The highest BCUT2D eigenvalue weighted by molar-refractivity contribution is 7.90. The maximum absolute atomic E-state index is 11.2. The Morgan fingerprint density at radius 3 is 2.58 bits per heavy atom. The van der Waals surface area contributed by atoms with E-state index < -0.39 is 9.84 Å². The molecule has 0 radical (unpaired) electrons. The van der Waals surface area contributed by atoms with Crippen LogP contribution in [0.15, 0.2) is 0 Å². The molecule has 19 heavy (non-hydrogen) atoms. The summed E-state index contributed by atoms with van der Waals surface area (Å²) < 4.78 is 22.4. The van der Waals surface area contributed by atoms with Crippen molar-refractivity contribution < 1.29 is 8.42 Å². The molecule has 0 aliphatic heterocycles. The third-order valence-electron chi connectivity index (χ3n) is 4.33. The second-order valence-corrected chi connectivity index (χ2v) is 8.67. The van der Waals surface area contributed by atoms with Crippen LogP contribution in [-0.2, 0) is 9.84 Å². The average molecular weight is 289 g/mol. The van der Waals surface area contributed by atoms with Gasteiger partial charge in [-0.2, -0.15) is 0 Å². The topological polar surface area (TPSA) is 46.2 Å². The highest BCUT2D eigenvalue weighted by Gasteiger charge is 2.28. The minimum absolute atomic E-state index is 0.354.